The lowest BCUT2D eigenvalue weighted by Crippen LogP contribution is -2.44. The summed E-state index contributed by atoms with van der Waals surface area (Å²) in [7, 11) is 0. The van der Waals surface area contributed by atoms with E-state index in [0.717, 1.165) is 5.56 Å². The second-order valence-electron chi connectivity index (χ2n) is 7.17. The monoisotopic (exact) mass is 381 g/mol. The van der Waals surface area contributed by atoms with Crippen LogP contribution in [0.2, 0.25) is 0 Å². The number of cyclic esters (lactones) is 1. The van der Waals surface area contributed by atoms with E-state index in [9.17, 15) is 19.1 Å². The number of hydrogen-bond acceptors (Lipinski definition) is 6. The SMILES string of the molecule is CC[C@@]1(O)C(=O)OCc2c1cc1n(c2=O)Cc2cc3cc(F)c(N)cc3nc2-1. The minimum Gasteiger partial charge on any atom is -0.458 e. The molecule has 0 amide bonds. The third-order valence-corrected chi connectivity index (χ3v) is 5.63. The van der Waals surface area contributed by atoms with Gasteiger partial charge in [-0.25, -0.2) is 14.2 Å². The smallest absolute Gasteiger partial charge is 0.343 e. The predicted octanol–water partition coefficient (Wildman–Crippen LogP) is 1.80. The Morgan fingerprint density at radius 1 is 1.32 bits per heavy atom. The van der Waals surface area contributed by atoms with Gasteiger partial charge in [-0.05, 0) is 30.7 Å². The Labute approximate surface area is 158 Å². The molecule has 28 heavy (non-hydrogen) atoms. The number of ether oxygens (including phenoxy) is 1. The summed E-state index contributed by atoms with van der Waals surface area (Å²) < 4.78 is 20.4. The van der Waals surface area contributed by atoms with Gasteiger partial charge in [-0.15, -0.1) is 0 Å². The van der Waals surface area contributed by atoms with Gasteiger partial charge in [0.15, 0.2) is 5.60 Å². The molecule has 0 saturated heterocycles. The van der Waals surface area contributed by atoms with E-state index in [1.807, 2.05) is 0 Å². The van der Waals surface area contributed by atoms with Crippen LogP contribution in [0.1, 0.15) is 30.0 Å². The summed E-state index contributed by atoms with van der Waals surface area (Å²) in [4.78, 5) is 29.8. The van der Waals surface area contributed by atoms with Gasteiger partial charge < -0.3 is 20.1 Å². The van der Waals surface area contributed by atoms with E-state index in [-0.39, 0.29) is 41.9 Å². The van der Waals surface area contributed by atoms with Crippen LogP contribution in [0.25, 0.3) is 22.3 Å². The summed E-state index contributed by atoms with van der Waals surface area (Å²) >= 11 is 0. The summed E-state index contributed by atoms with van der Waals surface area (Å²) in [5, 5.41) is 11.4. The van der Waals surface area contributed by atoms with Crippen LogP contribution in [0.3, 0.4) is 0 Å². The molecule has 0 radical (unpaired) electrons. The highest BCUT2D eigenvalue weighted by Crippen LogP contribution is 2.38. The molecule has 3 N–H and O–H groups in total. The molecule has 0 unspecified atom stereocenters. The van der Waals surface area contributed by atoms with E-state index < -0.39 is 17.4 Å². The number of rotatable bonds is 1. The Morgan fingerprint density at radius 3 is 2.86 bits per heavy atom. The number of carbonyl (C=O) groups is 1. The highest BCUT2D eigenvalue weighted by molar-refractivity contribution is 5.87. The lowest BCUT2D eigenvalue weighted by Gasteiger charge is -2.31. The summed E-state index contributed by atoms with van der Waals surface area (Å²) in [6, 6.07) is 6.18. The molecule has 0 spiro atoms. The van der Waals surface area contributed by atoms with Crippen molar-refractivity contribution in [2.45, 2.75) is 32.1 Å². The number of esters is 1. The number of nitrogens with two attached hydrogens (primary N) is 1. The molecule has 3 aromatic rings. The van der Waals surface area contributed by atoms with E-state index in [1.165, 1.54) is 16.7 Å². The van der Waals surface area contributed by atoms with Gasteiger partial charge in [-0.1, -0.05) is 6.92 Å². The molecule has 4 heterocycles. The van der Waals surface area contributed by atoms with Crippen LogP contribution in [0, 0.1) is 5.82 Å². The molecule has 7 nitrogen and oxygen atoms in total. The van der Waals surface area contributed by atoms with Crippen molar-refractivity contribution in [1.82, 2.24) is 9.55 Å². The van der Waals surface area contributed by atoms with Gasteiger partial charge in [0, 0.05) is 16.5 Å². The van der Waals surface area contributed by atoms with E-state index >= 15 is 0 Å². The molecular formula is C20H16FN3O4. The number of carbonyl (C=O) groups excluding carboxylic acids is 1. The lowest BCUT2D eigenvalue weighted by molar-refractivity contribution is -0.172. The molecule has 1 atom stereocenters. The highest BCUT2D eigenvalue weighted by atomic mass is 19.1. The van der Waals surface area contributed by atoms with Gasteiger partial charge in [0.2, 0.25) is 0 Å². The number of nitrogen functional groups attached to an aromatic ring is 1. The summed E-state index contributed by atoms with van der Waals surface area (Å²) in [6.07, 6.45) is 0.0789. The van der Waals surface area contributed by atoms with Crippen molar-refractivity contribution < 1.29 is 19.0 Å². The highest BCUT2D eigenvalue weighted by Gasteiger charge is 2.45. The maximum atomic E-state index is 13.8. The molecule has 0 bridgehead atoms. The molecule has 142 valence electrons. The van der Waals surface area contributed by atoms with E-state index in [4.69, 9.17) is 10.5 Å². The van der Waals surface area contributed by atoms with Crippen LogP contribution >= 0.6 is 0 Å². The first-order chi connectivity index (χ1) is 13.3. The molecule has 0 aliphatic carbocycles. The molecular weight excluding hydrogens is 365 g/mol. The van der Waals surface area contributed by atoms with E-state index in [0.29, 0.717) is 22.3 Å². The maximum absolute atomic E-state index is 13.8. The second kappa shape index (κ2) is 5.39. The van der Waals surface area contributed by atoms with Crippen molar-refractivity contribution >= 4 is 22.6 Å². The molecule has 0 fully saturated rings. The first-order valence-corrected chi connectivity index (χ1v) is 8.89. The van der Waals surface area contributed by atoms with Crippen LogP contribution in [-0.4, -0.2) is 20.6 Å². The van der Waals surface area contributed by atoms with Gasteiger partial charge in [0.05, 0.1) is 34.7 Å². The van der Waals surface area contributed by atoms with Crippen molar-refractivity contribution in [3.63, 3.8) is 0 Å². The largest absolute Gasteiger partial charge is 0.458 e. The number of halogens is 1. The summed E-state index contributed by atoms with van der Waals surface area (Å²) in [6.45, 7) is 1.74. The van der Waals surface area contributed by atoms with Gasteiger partial charge in [0.25, 0.3) is 5.56 Å². The fourth-order valence-electron chi connectivity index (χ4n) is 4.02. The zero-order chi connectivity index (χ0) is 19.8. The Balaban J connectivity index is 1.80. The number of aliphatic hydroxyl groups is 1. The van der Waals surface area contributed by atoms with Crippen LogP contribution in [0.4, 0.5) is 10.1 Å². The average Bonchev–Trinajstić information content (AvgIpc) is 3.02. The molecule has 2 aliphatic heterocycles. The van der Waals surface area contributed by atoms with Crippen LogP contribution in [0.15, 0.2) is 29.1 Å². The number of nitrogens with zero attached hydrogens (tertiary/aromatic N) is 2. The molecule has 2 aromatic heterocycles. The van der Waals surface area contributed by atoms with E-state index in [1.54, 1.807) is 19.1 Å². The standard InChI is InChI=1S/C20H16FN3O4/c1-2-20(27)12-5-16-17-10(3-9-4-13(21)14(22)6-15(9)23-17)7-24(16)18(25)11(12)8-28-19(20)26/h3-6,27H,2,7-8,22H2,1H3/t20-/m0/s1. The molecule has 0 saturated carbocycles. The van der Waals surface area contributed by atoms with Crippen LogP contribution in [0.5, 0.6) is 0 Å². The van der Waals surface area contributed by atoms with Crippen LogP contribution < -0.4 is 11.3 Å². The Hall–Kier alpha value is -3.26. The van der Waals surface area contributed by atoms with Crippen molar-refractivity contribution in [3.05, 3.63) is 57.1 Å². The number of pyridine rings is 2. The fraction of sp³-hybridized carbons (Fsp3) is 0.250. The van der Waals surface area contributed by atoms with E-state index in [2.05, 4.69) is 4.98 Å². The molecule has 5 rings (SSSR count). The third kappa shape index (κ3) is 2.03. The van der Waals surface area contributed by atoms with Crippen molar-refractivity contribution in [3.8, 4) is 11.4 Å². The van der Waals surface area contributed by atoms with Crippen molar-refractivity contribution in [1.29, 1.82) is 0 Å². The predicted molar refractivity (Wildman–Crippen MR) is 98.9 cm³/mol. The molecule has 1 aromatic carbocycles. The molecule has 8 heteroatoms. The Kier molecular flexibility index (Phi) is 3.25. The van der Waals surface area contributed by atoms with Gasteiger partial charge >= 0.3 is 5.97 Å². The minimum absolute atomic E-state index is 0.0103. The first-order valence-electron chi connectivity index (χ1n) is 8.89. The third-order valence-electron chi connectivity index (χ3n) is 5.63. The van der Waals surface area contributed by atoms with Gasteiger partial charge in [-0.2, -0.15) is 0 Å². The number of fused-ring (bicyclic) bond motifs is 5. The zero-order valence-electron chi connectivity index (χ0n) is 15.0. The Morgan fingerprint density at radius 2 is 2.11 bits per heavy atom. The summed E-state index contributed by atoms with van der Waals surface area (Å²) in [5.41, 5.74) is 6.28. The topological polar surface area (TPSA) is 107 Å². The lowest BCUT2D eigenvalue weighted by atomic mass is 9.86. The Bertz CT molecular complexity index is 1270. The zero-order valence-corrected chi connectivity index (χ0v) is 15.0. The van der Waals surface area contributed by atoms with Crippen molar-refractivity contribution in [2.75, 3.05) is 5.73 Å². The van der Waals surface area contributed by atoms with Gasteiger partial charge in [0.1, 0.15) is 12.4 Å². The quantitative estimate of drug-likeness (QED) is 0.385. The summed E-state index contributed by atoms with van der Waals surface area (Å²) in [5.74, 6) is -1.29. The van der Waals surface area contributed by atoms with Gasteiger partial charge in [-0.3, -0.25) is 4.79 Å². The molecule has 2 aliphatic rings. The van der Waals surface area contributed by atoms with Crippen LogP contribution in [-0.2, 0) is 28.3 Å². The first kappa shape index (κ1) is 16.9. The average molecular weight is 381 g/mol. The fourth-order valence-corrected chi connectivity index (χ4v) is 4.02. The maximum Gasteiger partial charge on any atom is 0.343 e. The normalized spacial score (nSPS) is 19.9. The minimum atomic E-state index is -1.87. The number of benzene rings is 1. The second-order valence-corrected chi connectivity index (χ2v) is 7.17. The number of aromatic nitrogens is 2. The number of anilines is 1. The van der Waals surface area contributed by atoms with Crippen molar-refractivity contribution in [2.24, 2.45) is 0 Å². The number of hydrogen-bond donors (Lipinski definition) is 2.